The third kappa shape index (κ3) is 2.40. The molecule has 0 aliphatic carbocycles. The minimum absolute atomic E-state index is 0.800. The third-order valence-electron chi connectivity index (χ3n) is 3.66. The number of aryl methyl sites for hydroxylation is 1. The third-order valence-corrected chi connectivity index (χ3v) is 3.66. The van der Waals surface area contributed by atoms with Gasteiger partial charge in [-0.15, -0.1) is 0 Å². The lowest BCUT2D eigenvalue weighted by Crippen LogP contribution is -2.32. The number of rotatable bonds is 2. The quantitative estimate of drug-likeness (QED) is 0.713. The highest BCUT2D eigenvalue weighted by molar-refractivity contribution is 5.29. The molecule has 1 heteroatoms. The van der Waals surface area contributed by atoms with E-state index in [4.69, 9.17) is 0 Å². The number of piperidine rings is 1. The highest BCUT2D eigenvalue weighted by Crippen LogP contribution is 2.29. The van der Waals surface area contributed by atoms with Crippen LogP contribution in [0.3, 0.4) is 0 Å². The fraction of sp³-hybridized carbons (Fsp3) is 0.571. The van der Waals surface area contributed by atoms with Crippen LogP contribution < -0.4 is 0 Å². The molecule has 0 radical (unpaired) electrons. The molecule has 0 spiro atoms. The van der Waals surface area contributed by atoms with Crippen LogP contribution in [0.1, 0.15) is 36.8 Å². The molecule has 1 aliphatic rings. The minimum atomic E-state index is 0.800. The molecule has 0 amide bonds. The highest BCUT2D eigenvalue weighted by Gasteiger charge is 2.20. The smallest absolute Gasteiger partial charge is 0.00130 e. The largest absolute Gasteiger partial charge is 0.304 e. The lowest BCUT2D eigenvalue weighted by Gasteiger charge is -2.31. The summed E-state index contributed by atoms with van der Waals surface area (Å²) >= 11 is 0. The fourth-order valence-electron chi connectivity index (χ4n) is 2.61. The molecule has 1 aromatic rings. The molecule has 1 nitrogen and oxygen atoms in total. The molecule has 82 valence electrons. The van der Waals surface area contributed by atoms with Crippen molar-refractivity contribution in [3.05, 3.63) is 35.4 Å². The van der Waals surface area contributed by atoms with Gasteiger partial charge in [-0.25, -0.2) is 0 Å². The first-order valence-corrected chi connectivity index (χ1v) is 6.09. The predicted molar refractivity (Wildman–Crippen MR) is 65.3 cm³/mol. The Morgan fingerprint density at radius 2 is 1.87 bits per heavy atom. The topological polar surface area (TPSA) is 3.24 Å². The Morgan fingerprint density at radius 1 is 1.20 bits per heavy atom. The van der Waals surface area contributed by atoms with Gasteiger partial charge in [-0.1, -0.05) is 31.2 Å². The average Bonchev–Trinajstić information content (AvgIpc) is 2.30. The van der Waals surface area contributed by atoms with Crippen molar-refractivity contribution in [3.63, 3.8) is 0 Å². The van der Waals surface area contributed by atoms with E-state index in [0.29, 0.717) is 0 Å². The lowest BCUT2D eigenvalue weighted by atomic mass is 9.87. The van der Waals surface area contributed by atoms with Crippen molar-refractivity contribution in [3.8, 4) is 0 Å². The van der Waals surface area contributed by atoms with Crippen molar-refractivity contribution in [2.24, 2.45) is 0 Å². The van der Waals surface area contributed by atoms with Crippen LogP contribution in [0, 0.1) is 6.92 Å². The van der Waals surface area contributed by atoms with Gasteiger partial charge in [-0.3, -0.25) is 0 Å². The van der Waals surface area contributed by atoms with Gasteiger partial charge in [-0.2, -0.15) is 0 Å². The maximum absolute atomic E-state index is 2.55. The zero-order valence-corrected chi connectivity index (χ0v) is 9.87. The van der Waals surface area contributed by atoms with Crippen LogP contribution in [0.15, 0.2) is 24.3 Å². The fourth-order valence-corrected chi connectivity index (χ4v) is 2.61. The van der Waals surface area contributed by atoms with E-state index in [2.05, 4.69) is 43.0 Å². The van der Waals surface area contributed by atoms with E-state index in [1.165, 1.54) is 38.0 Å². The lowest BCUT2D eigenvalue weighted by molar-refractivity contribution is 0.222. The molecule has 0 N–H and O–H groups in total. The molecule has 1 aliphatic heterocycles. The molecule has 2 rings (SSSR count). The van der Waals surface area contributed by atoms with Crippen molar-refractivity contribution in [1.29, 1.82) is 0 Å². The maximum atomic E-state index is 2.55. The molecule has 15 heavy (non-hydrogen) atoms. The molecule has 1 saturated heterocycles. The van der Waals surface area contributed by atoms with Gasteiger partial charge in [0.15, 0.2) is 0 Å². The van der Waals surface area contributed by atoms with E-state index in [9.17, 15) is 0 Å². The monoisotopic (exact) mass is 203 g/mol. The van der Waals surface area contributed by atoms with Gasteiger partial charge in [0.2, 0.25) is 0 Å². The molecule has 0 saturated carbocycles. The first-order chi connectivity index (χ1) is 7.31. The number of hydrogen-bond donors (Lipinski definition) is 0. The Morgan fingerprint density at radius 3 is 2.47 bits per heavy atom. The van der Waals surface area contributed by atoms with Crippen LogP contribution in [0.25, 0.3) is 0 Å². The first-order valence-electron chi connectivity index (χ1n) is 6.09. The van der Waals surface area contributed by atoms with Crippen molar-refractivity contribution >= 4 is 0 Å². The second-order valence-corrected chi connectivity index (χ2v) is 4.57. The van der Waals surface area contributed by atoms with Gasteiger partial charge in [-0.05, 0) is 56.4 Å². The summed E-state index contributed by atoms with van der Waals surface area (Å²) in [6.45, 7) is 8.25. The average molecular weight is 203 g/mol. The molecule has 0 unspecified atom stereocenters. The van der Waals surface area contributed by atoms with Crippen molar-refractivity contribution < 1.29 is 0 Å². The van der Waals surface area contributed by atoms with Gasteiger partial charge in [0.25, 0.3) is 0 Å². The summed E-state index contributed by atoms with van der Waals surface area (Å²) in [5.41, 5.74) is 3.04. The van der Waals surface area contributed by atoms with Crippen LogP contribution in [0.4, 0.5) is 0 Å². The summed E-state index contributed by atoms with van der Waals surface area (Å²) in [5.74, 6) is 0.800. The van der Waals surface area contributed by atoms with E-state index in [1.807, 2.05) is 0 Å². The summed E-state index contributed by atoms with van der Waals surface area (Å²) in [4.78, 5) is 2.55. The number of hydrogen-bond acceptors (Lipinski definition) is 1. The second-order valence-electron chi connectivity index (χ2n) is 4.57. The minimum Gasteiger partial charge on any atom is -0.304 e. The van der Waals surface area contributed by atoms with Crippen LogP contribution in [-0.4, -0.2) is 24.5 Å². The van der Waals surface area contributed by atoms with Gasteiger partial charge in [0.1, 0.15) is 0 Å². The summed E-state index contributed by atoms with van der Waals surface area (Å²) in [6.07, 6.45) is 2.66. The van der Waals surface area contributed by atoms with E-state index in [1.54, 1.807) is 5.56 Å². The Kier molecular flexibility index (Phi) is 3.42. The Labute approximate surface area is 93.1 Å². The van der Waals surface area contributed by atoms with Crippen LogP contribution in [0.5, 0.6) is 0 Å². The number of likely N-dealkylation sites (tertiary alicyclic amines) is 1. The van der Waals surface area contributed by atoms with Gasteiger partial charge in [0.05, 0.1) is 0 Å². The molecular formula is C14H21N. The zero-order valence-electron chi connectivity index (χ0n) is 9.87. The molecule has 1 fully saturated rings. The first kappa shape index (κ1) is 10.7. The number of benzene rings is 1. The summed E-state index contributed by atoms with van der Waals surface area (Å²) in [5, 5.41) is 0. The molecule has 0 bridgehead atoms. The molecule has 0 atom stereocenters. The highest BCUT2D eigenvalue weighted by atomic mass is 15.1. The Balaban J connectivity index is 2.04. The predicted octanol–water partition coefficient (Wildman–Crippen LogP) is 3.19. The SMILES string of the molecule is CCN1CCC(c2ccccc2C)CC1. The molecular weight excluding hydrogens is 182 g/mol. The summed E-state index contributed by atoms with van der Waals surface area (Å²) in [6, 6.07) is 8.86. The standard InChI is InChI=1S/C14H21N/c1-3-15-10-8-13(9-11-15)14-7-5-4-6-12(14)2/h4-7,13H,3,8-11H2,1-2H3. The van der Waals surface area contributed by atoms with Crippen molar-refractivity contribution in [1.82, 2.24) is 4.90 Å². The maximum Gasteiger partial charge on any atom is -0.00130 e. The van der Waals surface area contributed by atoms with Gasteiger partial charge >= 0.3 is 0 Å². The molecule has 1 aromatic carbocycles. The van der Waals surface area contributed by atoms with Crippen molar-refractivity contribution in [2.75, 3.05) is 19.6 Å². The van der Waals surface area contributed by atoms with E-state index >= 15 is 0 Å². The Hall–Kier alpha value is -0.820. The van der Waals surface area contributed by atoms with E-state index in [-0.39, 0.29) is 0 Å². The van der Waals surface area contributed by atoms with E-state index in [0.717, 1.165) is 5.92 Å². The van der Waals surface area contributed by atoms with Crippen LogP contribution >= 0.6 is 0 Å². The summed E-state index contributed by atoms with van der Waals surface area (Å²) < 4.78 is 0. The zero-order chi connectivity index (χ0) is 10.7. The van der Waals surface area contributed by atoms with Gasteiger partial charge < -0.3 is 4.90 Å². The van der Waals surface area contributed by atoms with Gasteiger partial charge in [0, 0.05) is 0 Å². The van der Waals surface area contributed by atoms with Crippen molar-refractivity contribution in [2.45, 2.75) is 32.6 Å². The van der Waals surface area contributed by atoms with E-state index < -0.39 is 0 Å². The Bertz CT molecular complexity index is 311. The second kappa shape index (κ2) is 4.80. The summed E-state index contributed by atoms with van der Waals surface area (Å²) in [7, 11) is 0. The number of nitrogens with zero attached hydrogens (tertiary/aromatic N) is 1. The van der Waals surface area contributed by atoms with Crippen LogP contribution in [0.2, 0.25) is 0 Å². The molecule has 1 heterocycles. The van der Waals surface area contributed by atoms with Crippen LogP contribution in [-0.2, 0) is 0 Å². The normalized spacial score (nSPS) is 19.3. The molecule has 0 aromatic heterocycles.